The van der Waals surface area contributed by atoms with Crippen LogP contribution in [-0.2, 0) is 26.8 Å². The van der Waals surface area contributed by atoms with E-state index in [1.807, 2.05) is 26.8 Å². The maximum Gasteiger partial charge on any atom is 0.261 e. The van der Waals surface area contributed by atoms with E-state index in [2.05, 4.69) is 10.0 Å². The zero-order valence-corrected chi connectivity index (χ0v) is 14.7. The summed E-state index contributed by atoms with van der Waals surface area (Å²) in [4.78, 5) is 12.3. The van der Waals surface area contributed by atoms with Crippen molar-refractivity contribution < 1.29 is 13.2 Å². The van der Waals surface area contributed by atoms with Gasteiger partial charge in [0.2, 0.25) is 5.91 Å². The summed E-state index contributed by atoms with van der Waals surface area (Å²) in [5.74, 6) is -0.0615. The minimum atomic E-state index is -3.66. The molecule has 2 N–H and O–H groups in total. The van der Waals surface area contributed by atoms with Gasteiger partial charge in [0.05, 0.1) is 10.3 Å². The van der Waals surface area contributed by atoms with E-state index in [4.69, 9.17) is 0 Å². The van der Waals surface area contributed by atoms with Crippen molar-refractivity contribution in [1.29, 1.82) is 0 Å². The summed E-state index contributed by atoms with van der Waals surface area (Å²) in [6.45, 7) is 6.03. The fraction of sp³-hybridized carbons (Fsp3) is 0.278. The number of sulfonamides is 1. The van der Waals surface area contributed by atoms with E-state index in [0.717, 1.165) is 16.7 Å². The molecule has 1 heterocycles. The van der Waals surface area contributed by atoms with Crippen LogP contribution in [0, 0.1) is 6.92 Å². The Hall–Kier alpha value is -2.34. The van der Waals surface area contributed by atoms with Gasteiger partial charge in [-0.25, -0.2) is 8.42 Å². The highest BCUT2D eigenvalue weighted by molar-refractivity contribution is 7.92. The van der Waals surface area contributed by atoms with E-state index in [-0.39, 0.29) is 10.8 Å². The largest absolute Gasteiger partial charge is 0.351 e. The molecule has 0 aromatic heterocycles. The molecule has 5 nitrogen and oxygen atoms in total. The van der Waals surface area contributed by atoms with E-state index in [9.17, 15) is 13.2 Å². The first-order chi connectivity index (χ1) is 11.2. The van der Waals surface area contributed by atoms with Crippen LogP contribution in [0.3, 0.4) is 0 Å². The number of benzene rings is 2. The molecule has 0 fully saturated rings. The van der Waals surface area contributed by atoms with Gasteiger partial charge >= 0.3 is 0 Å². The molecule has 0 bridgehead atoms. The minimum Gasteiger partial charge on any atom is -0.351 e. The predicted octanol–water partition coefficient (Wildman–Crippen LogP) is 2.70. The SMILES string of the molecule is Cc1ccc(S(=O)(=O)Nc2ccc3c(c2)C(C)(C)C(=O)NC3)cc1. The Bertz CT molecular complexity index is 900. The molecule has 0 saturated carbocycles. The topological polar surface area (TPSA) is 75.3 Å². The average molecular weight is 344 g/mol. The molecule has 3 rings (SSSR count). The van der Waals surface area contributed by atoms with Crippen LogP contribution in [-0.4, -0.2) is 14.3 Å². The molecule has 24 heavy (non-hydrogen) atoms. The minimum absolute atomic E-state index is 0.0615. The monoisotopic (exact) mass is 344 g/mol. The first kappa shape index (κ1) is 16.5. The van der Waals surface area contributed by atoms with Crippen molar-refractivity contribution in [1.82, 2.24) is 5.32 Å². The Labute approximate surface area is 142 Å². The summed E-state index contributed by atoms with van der Waals surface area (Å²) in [7, 11) is -3.66. The van der Waals surface area contributed by atoms with Gasteiger partial charge in [0.25, 0.3) is 10.0 Å². The van der Waals surface area contributed by atoms with Crippen molar-refractivity contribution in [2.45, 2.75) is 37.6 Å². The Morgan fingerprint density at radius 1 is 1.08 bits per heavy atom. The standard InChI is InChI=1S/C18H20N2O3S/c1-12-4-8-15(9-5-12)24(22,23)20-14-7-6-13-11-19-17(21)18(2,3)16(13)10-14/h4-10,20H,11H2,1-3H3,(H,19,21). The first-order valence-electron chi connectivity index (χ1n) is 7.71. The summed E-state index contributed by atoms with van der Waals surface area (Å²) in [5.41, 5.74) is 2.60. The Kier molecular flexibility index (Phi) is 3.87. The fourth-order valence-electron chi connectivity index (χ4n) is 2.83. The molecular formula is C18H20N2O3S. The summed E-state index contributed by atoms with van der Waals surface area (Å²) in [6.07, 6.45) is 0. The molecule has 0 aliphatic carbocycles. The number of hydrogen-bond donors (Lipinski definition) is 2. The zero-order chi connectivity index (χ0) is 17.5. The molecule has 1 aliphatic rings. The van der Waals surface area contributed by atoms with Gasteiger partial charge < -0.3 is 5.32 Å². The number of carbonyl (C=O) groups excluding carboxylic acids is 1. The van der Waals surface area contributed by atoms with E-state index < -0.39 is 15.4 Å². The second kappa shape index (κ2) is 5.63. The maximum absolute atomic E-state index is 12.5. The molecular weight excluding hydrogens is 324 g/mol. The van der Waals surface area contributed by atoms with Crippen molar-refractivity contribution in [2.24, 2.45) is 0 Å². The molecule has 0 atom stereocenters. The lowest BCUT2D eigenvalue weighted by Crippen LogP contribution is -2.44. The van der Waals surface area contributed by atoms with Gasteiger partial charge in [-0.2, -0.15) is 0 Å². The van der Waals surface area contributed by atoms with Crippen LogP contribution in [0.2, 0.25) is 0 Å². The van der Waals surface area contributed by atoms with Crippen LogP contribution < -0.4 is 10.0 Å². The number of fused-ring (bicyclic) bond motifs is 1. The Balaban J connectivity index is 1.96. The van der Waals surface area contributed by atoms with Crippen LogP contribution in [0.25, 0.3) is 0 Å². The Morgan fingerprint density at radius 2 is 1.75 bits per heavy atom. The van der Waals surface area contributed by atoms with E-state index in [1.165, 1.54) is 0 Å². The van der Waals surface area contributed by atoms with Crippen LogP contribution in [0.1, 0.15) is 30.5 Å². The number of amides is 1. The second-order valence-corrected chi connectivity index (χ2v) is 8.28. The number of carbonyl (C=O) groups is 1. The summed E-state index contributed by atoms with van der Waals surface area (Å²) < 4.78 is 27.6. The third kappa shape index (κ3) is 2.89. The first-order valence-corrected chi connectivity index (χ1v) is 9.20. The van der Waals surface area contributed by atoms with Crippen molar-refractivity contribution in [3.05, 3.63) is 59.2 Å². The summed E-state index contributed by atoms with van der Waals surface area (Å²) >= 11 is 0. The number of aryl methyl sites for hydroxylation is 1. The third-order valence-corrected chi connectivity index (χ3v) is 5.77. The molecule has 0 unspecified atom stereocenters. The molecule has 126 valence electrons. The predicted molar refractivity (Wildman–Crippen MR) is 93.3 cm³/mol. The lowest BCUT2D eigenvalue weighted by molar-refractivity contribution is -0.126. The van der Waals surface area contributed by atoms with E-state index in [0.29, 0.717) is 12.2 Å². The molecule has 0 spiro atoms. The summed E-state index contributed by atoms with van der Waals surface area (Å²) in [5, 5.41) is 2.85. The molecule has 0 radical (unpaired) electrons. The third-order valence-electron chi connectivity index (χ3n) is 4.37. The van der Waals surface area contributed by atoms with Gasteiger partial charge in [-0.3, -0.25) is 9.52 Å². The smallest absolute Gasteiger partial charge is 0.261 e. The quantitative estimate of drug-likeness (QED) is 0.899. The van der Waals surface area contributed by atoms with Crippen molar-refractivity contribution >= 4 is 21.6 Å². The lowest BCUT2D eigenvalue weighted by Gasteiger charge is -2.32. The van der Waals surface area contributed by atoms with Gasteiger partial charge in [0.1, 0.15) is 0 Å². The van der Waals surface area contributed by atoms with Crippen LogP contribution in [0.15, 0.2) is 47.4 Å². The highest BCUT2D eigenvalue weighted by Crippen LogP contribution is 2.33. The van der Waals surface area contributed by atoms with Gasteiger partial charge in [0.15, 0.2) is 0 Å². The maximum atomic E-state index is 12.5. The van der Waals surface area contributed by atoms with Gasteiger partial charge in [-0.1, -0.05) is 23.8 Å². The molecule has 0 saturated heterocycles. The van der Waals surface area contributed by atoms with Crippen molar-refractivity contribution in [3.63, 3.8) is 0 Å². The molecule has 2 aromatic carbocycles. The number of rotatable bonds is 3. The molecule has 2 aromatic rings. The normalized spacial score (nSPS) is 16.2. The molecule has 6 heteroatoms. The van der Waals surface area contributed by atoms with E-state index >= 15 is 0 Å². The summed E-state index contributed by atoms with van der Waals surface area (Å²) in [6, 6.07) is 12.0. The van der Waals surface area contributed by atoms with Gasteiger partial charge in [-0.05, 0) is 56.2 Å². The zero-order valence-electron chi connectivity index (χ0n) is 13.9. The van der Waals surface area contributed by atoms with Crippen LogP contribution in [0.4, 0.5) is 5.69 Å². The molecule has 1 amide bonds. The second-order valence-electron chi connectivity index (χ2n) is 6.60. The molecule has 1 aliphatic heterocycles. The van der Waals surface area contributed by atoms with Crippen molar-refractivity contribution in [2.75, 3.05) is 4.72 Å². The average Bonchev–Trinajstić information content (AvgIpc) is 2.52. The lowest BCUT2D eigenvalue weighted by atomic mass is 9.78. The van der Waals surface area contributed by atoms with E-state index in [1.54, 1.807) is 36.4 Å². The van der Waals surface area contributed by atoms with Crippen LogP contribution >= 0.6 is 0 Å². The number of anilines is 1. The van der Waals surface area contributed by atoms with Crippen molar-refractivity contribution in [3.8, 4) is 0 Å². The number of nitrogens with one attached hydrogen (secondary N) is 2. The van der Waals surface area contributed by atoms with Gasteiger partial charge in [-0.15, -0.1) is 0 Å². The highest BCUT2D eigenvalue weighted by atomic mass is 32.2. The number of hydrogen-bond acceptors (Lipinski definition) is 3. The fourth-order valence-corrected chi connectivity index (χ4v) is 3.88. The van der Waals surface area contributed by atoms with Gasteiger partial charge in [0, 0.05) is 12.2 Å². The highest BCUT2D eigenvalue weighted by Gasteiger charge is 2.35. The van der Waals surface area contributed by atoms with Crippen LogP contribution in [0.5, 0.6) is 0 Å². The Morgan fingerprint density at radius 3 is 2.42 bits per heavy atom.